The highest BCUT2D eigenvalue weighted by Crippen LogP contribution is 2.34. The summed E-state index contributed by atoms with van der Waals surface area (Å²) in [6, 6.07) is 2.37. The van der Waals surface area contributed by atoms with E-state index in [-0.39, 0.29) is 6.54 Å². The van der Waals surface area contributed by atoms with Crippen molar-refractivity contribution < 1.29 is 13.2 Å². The van der Waals surface area contributed by atoms with Crippen molar-refractivity contribution in [1.29, 1.82) is 0 Å². The van der Waals surface area contributed by atoms with E-state index in [2.05, 4.69) is 9.97 Å². The van der Waals surface area contributed by atoms with E-state index in [0.29, 0.717) is 27.2 Å². The molecule has 20 heavy (non-hydrogen) atoms. The standard InChI is InChI=1S/C11H10F3N3OS2/c1-6-15-9(19-2)16-10(18)17(6)5-7-3-4-8(20-7)11(12,13)14/h3-4H,5H2,1-2H3. The maximum absolute atomic E-state index is 12.5. The summed E-state index contributed by atoms with van der Waals surface area (Å²) in [7, 11) is 0. The summed E-state index contributed by atoms with van der Waals surface area (Å²) in [5, 5.41) is 0.353. The van der Waals surface area contributed by atoms with E-state index >= 15 is 0 Å². The lowest BCUT2D eigenvalue weighted by Gasteiger charge is -2.07. The van der Waals surface area contributed by atoms with Crippen LogP contribution in [0.4, 0.5) is 13.2 Å². The van der Waals surface area contributed by atoms with Crippen molar-refractivity contribution in [1.82, 2.24) is 14.5 Å². The molecular weight excluding hydrogens is 311 g/mol. The molecule has 9 heteroatoms. The number of hydrogen-bond acceptors (Lipinski definition) is 5. The van der Waals surface area contributed by atoms with Crippen LogP contribution in [0.1, 0.15) is 15.6 Å². The number of thioether (sulfide) groups is 1. The van der Waals surface area contributed by atoms with Crippen LogP contribution in [-0.2, 0) is 12.7 Å². The molecule has 0 atom stereocenters. The minimum Gasteiger partial charge on any atom is -0.275 e. The van der Waals surface area contributed by atoms with E-state index in [0.717, 1.165) is 6.07 Å². The first-order valence-electron chi connectivity index (χ1n) is 5.46. The topological polar surface area (TPSA) is 47.8 Å². The molecule has 2 heterocycles. The van der Waals surface area contributed by atoms with E-state index in [9.17, 15) is 18.0 Å². The predicted molar refractivity (Wildman–Crippen MR) is 71.2 cm³/mol. The first-order chi connectivity index (χ1) is 9.31. The molecule has 0 aromatic carbocycles. The summed E-state index contributed by atoms with van der Waals surface area (Å²) in [6.45, 7) is 1.67. The molecule has 0 fully saturated rings. The van der Waals surface area contributed by atoms with E-state index in [1.54, 1.807) is 13.2 Å². The predicted octanol–water partition coefficient (Wildman–Crippen LogP) is 2.80. The van der Waals surface area contributed by atoms with Gasteiger partial charge in [-0.3, -0.25) is 4.57 Å². The van der Waals surface area contributed by atoms with Gasteiger partial charge < -0.3 is 0 Å². The lowest BCUT2D eigenvalue weighted by molar-refractivity contribution is -0.134. The molecule has 0 N–H and O–H groups in total. The second-order valence-electron chi connectivity index (χ2n) is 3.89. The Hall–Kier alpha value is -1.35. The van der Waals surface area contributed by atoms with Crippen LogP contribution in [0.15, 0.2) is 22.1 Å². The van der Waals surface area contributed by atoms with Gasteiger partial charge in [0.25, 0.3) is 0 Å². The molecule has 0 amide bonds. The Morgan fingerprint density at radius 2 is 2.05 bits per heavy atom. The summed E-state index contributed by atoms with van der Waals surface area (Å²) in [6.07, 6.45) is -2.62. The Morgan fingerprint density at radius 3 is 2.55 bits per heavy atom. The lowest BCUT2D eigenvalue weighted by atomic mass is 10.4. The summed E-state index contributed by atoms with van der Waals surface area (Å²) < 4.78 is 38.8. The molecule has 0 bridgehead atoms. The van der Waals surface area contributed by atoms with Gasteiger partial charge in [0, 0.05) is 4.88 Å². The van der Waals surface area contributed by atoms with Crippen molar-refractivity contribution in [2.75, 3.05) is 6.26 Å². The Balaban J connectivity index is 2.31. The third kappa shape index (κ3) is 3.21. The fourth-order valence-electron chi connectivity index (χ4n) is 1.55. The smallest absolute Gasteiger partial charge is 0.275 e. The Labute approximate surface area is 120 Å². The normalized spacial score (nSPS) is 11.8. The zero-order valence-electron chi connectivity index (χ0n) is 10.6. The van der Waals surface area contributed by atoms with Crippen molar-refractivity contribution >= 4 is 23.1 Å². The van der Waals surface area contributed by atoms with Crippen LogP contribution in [0.3, 0.4) is 0 Å². The Morgan fingerprint density at radius 1 is 1.35 bits per heavy atom. The SMILES string of the molecule is CSc1nc(C)n(Cc2ccc(C(F)(F)F)s2)c(=O)n1. The molecule has 0 spiro atoms. The molecule has 0 radical (unpaired) electrons. The van der Waals surface area contributed by atoms with Gasteiger partial charge in [-0.25, -0.2) is 9.78 Å². The molecule has 4 nitrogen and oxygen atoms in total. The molecule has 2 aromatic rings. The van der Waals surface area contributed by atoms with Crippen LogP contribution in [0.25, 0.3) is 0 Å². The van der Waals surface area contributed by atoms with Crippen LogP contribution in [0.5, 0.6) is 0 Å². The minimum absolute atomic E-state index is 0.0417. The van der Waals surface area contributed by atoms with E-state index < -0.39 is 16.7 Å². The number of aromatic nitrogens is 3. The third-order valence-electron chi connectivity index (χ3n) is 2.51. The number of aryl methyl sites for hydroxylation is 1. The van der Waals surface area contributed by atoms with Gasteiger partial charge in [0.15, 0.2) is 5.16 Å². The Kier molecular flexibility index (Phi) is 4.19. The average Bonchev–Trinajstić information content (AvgIpc) is 2.82. The van der Waals surface area contributed by atoms with Gasteiger partial charge >= 0.3 is 11.9 Å². The van der Waals surface area contributed by atoms with E-state index in [1.807, 2.05) is 0 Å². The van der Waals surface area contributed by atoms with Crippen molar-refractivity contribution in [2.45, 2.75) is 24.8 Å². The molecule has 0 aliphatic rings. The molecule has 0 aliphatic carbocycles. The molecule has 0 unspecified atom stereocenters. The first-order valence-corrected chi connectivity index (χ1v) is 7.51. The van der Waals surface area contributed by atoms with E-state index in [1.165, 1.54) is 22.4 Å². The van der Waals surface area contributed by atoms with Gasteiger partial charge in [0.1, 0.15) is 10.7 Å². The van der Waals surface area contributed by atoms with Crippen LogP contribution in [0, 0.1) is 6.92 Å². The maximum Gasteiger partial charge on any atom is 0.425 e. The third-order valence-corrected chi connectivity index (χ3v) is 4.17. The fourth-order valence-corrected chi connectivity index (χ4v) is 2.81. The molecule has 108 valence electrons. The number of thiophene rings is 1. The summed E-state index contributed by atoms with van der Waals surface area (Å²) in [5.41, 5.74) is -0.510. The highest BCUT2D eigenvalue weighted by Gasteiger charge is 2.32. The van der Waals surface area contributed by atoms with Crippen molar-refractivity contribution in [3.63, 3.8) is 0 Å². The average molecular weight is 321 g/mol. The first kappa shape index (κ1) is 15.0. The molecule has 2 aromatic heterocycles. The molecule has 0 aliphatic heterocycles. The fraction of sp³-hybridized carbons (Fsp3) is 0.364. The largest absolute Gasteiger partial charge is 0.425 e. The van der Waals surface area contributed by atoms with E-state index in [4.69, 9.17) is 0 Å². The zero-order valence-corrected chi connectivity index (χ0v) is 12.2. The van der Waals surface area contributed by atoms with Gasteiger partial charge in [-0.1, -0.05) is 11.8 Å². The van der Waals surface area contributed by atoms with Crippen LogP contribution < -0.4 is 5.69 Å². The van der Waals surface area contributed by atoms with Gasteiger partial charge in [0.05, 0.1) is 6.54 Å². The monoisotopic (exact) mass is 321 g/mol. The van der Waals surface area contributed by atoms with Gasteiger partial charge in [-0.05, 0) is 25.3 Å². The molecule has 0 saturated heterocycles. The van der Waals surface area contributed by atoms with Crippen molar-refractivity contribution in [3.8, 4) is 0 Å². The summed E-state index contributed by atoms with van der Waals surface area (Å²) in [4.78, 5) is 19.4. The number of nitrogens with zero attached hydrogens (tertiary/aromatic N) is 3. The Bertz CT molecular complexity index is 678. The molecule has 2 rings (SSSR count). The molecular formula is C11H10F3N3OS2. The van der Waals surface area contributed by atoms with Crippen molar-refractivity contribution in [3.05, 3.63) is 38.2 Å². The number of alkyl halides is 3. The number of hydrogen-bond donors (Lipinski definition) is 0. The minimum atomic E-state index is -4.36. The maximum atomic E-state index is 12.5. The van der Waals surface area contributed by atoms with Gasteiger partial charge in [-0.2, -0.15) is 18.2 Å². The molecule has 0 saturated carbocycles. The highest BCUT2D eigenvalue weighted by molar-refractivity contribution is 7.98. The second kappa shape index (κ2) is 5.57. The number of rotatable bonds is 3. The van der Waals surface area contributed by atoms with Crippen LogP contribution >= 0.6 is 23.1 Å². The summed E-state index contributed by atoms with van der Waals surface area (Å²) >= 11 is 1.85. The van der Waals surface area contributed by atoms with Crippen LogP contribution in [-0.4, -0.2) is 20.8 Å². The quantitative estimate of drug-likeness (QED) is 0.816. The van der Waals surface area contributed by atoms with Gasteiger partial charge in [0.2, 0.25) is 0 Å². The number of halogens is 3. The van der Waals surface area contributed by atoms with Gasteiger partial charge in [-0.15, -0.1) is 11.3 Å². The summed E-state index contributed by atoms with van der Waals surface area (Å²) in [5.74, 6) is 0.427. The zero-order chi connectivity index (χ0) is 14.9. The lowest BCUT2D eigenvalue weighted by Crippen LogP contribution is -2.27. The van der Waals surface area contributed by atoms with Crippen LogP contribution in [0.2, 0.25) is 0 Å². The highest BCUT2D eigenvalue weighted by atomic mass is 32.2. The second-order valence-corrected chi connectivity index (χ2v) is 5.83. The van der Waals surface area contributed by atoms with Crippen molar-refractivity contribution in [2.24, 2.45) is 0 Å².